The standard InChI is InChI=1S/C24H25ClN2O/c1-16-12-13-17(2)22(14-16)27-24(28)23(19-8-5-4-6-9-19)26-18(3)20-10-7-11-21(25)15-20/h4-15,18,23,26H,1-3H3,(H,27,28)/t18-,23-/m0/s1. The molecular formula is C24H25ClN2O. The van der Waals surface area contributed by atoms with Gasteiger partial charge in [-0.3, -0.25) is 10.1 Å². The van der Waals surface area contributed by atoms with Crippen LogP contribution < -0.4 is 10.6 Å². The van der Waals surface area contributed by atoms with Crippen LogP contribution in [0.4, 0.5) is 5.69 Å². The summed E-state index contributed by atoms with van der Waals surface area (Å²) in [5.41, 5.74) is 4.93. The maximum absolute atomic E-state index is 13.2. The van der Waals surface area contributed by atoms with Crippen molar-refractivity contribution in [3.05, 3.63) is 100 Å². The first-order valence-electron chi connectivity index (χ1n) is 9.38. The number of nitrogens with one attached hydrogen (secondary N) is 2. The number of hydrogen-bond donors (Lipinski definition) is 2. The number of anilines is 1. The lowest BCUT2D eigenvalue weighted by molar-refractivity contribution is -0.118. The van der Waals surface area contributed by atoms with Crippen molar-refractivity contribution in [2.24, 2.45) is 0 Å². The van der Waals surface area contributed by atoms with Crippen molar-refractivity contribution in [3.8, 4) is 0 Å². The van der Waals surface area contributed by atoms with Gasteiger partial charge in [0, 0.05) is 16.8 Å². The number of halogens is 1. The third-order valence-electron chi connectivity index (χ3n) is 4.81. The molecule has 144 valence electrons. The average molecular weight is 393 g/mol. The molecule has 0 unspecified atom stereocenters. The third kappa shape index (κ3) is 5.00. The fourth-order valence-electron chi connectivity index (χ4n) is 3.17. The normalized spacial score (nSPS) is 13.0. The van der Waals surface area contributed by atoms with Gasteiger partial charge in [-0.15, -0.1) is 0 Å². The molecule has 0 aliphatic heterocycles. The number of hydrogen-bond acceptors (Lipinski definition) is 2. The molecule has 0 saturated heterocycles. The highest BCUT2D eigenvalue weighted by Gasteiger charge is 2.23. The number of amides is 1. The van der Waals surface area contributed by atoms with Gasteiger partial charge in [-0.05, 0) is 61.2 Å². The lowest BCUT2D eigenvalue weighted by Gasteiger charge is -2.24. The molecule has 0 spiro atoms. The van der Waals surface area contributed by atoms with Crippen LogP contribution in [0.25, 0.3) is 0 Å². The predicted octanol–water partition coefficient (Wildman–Crippen LogP) is 5.99. The van der Waals surface area contributed by atoms with Gasteiger partial charge in [0.25, 0.3) is 0 Å². The monoisotopic (exact) mass is 392 g/mol. The van der Waals surface area contributed by atoms with Gasteiger partial charge in [-0.1, -0.05) is 66.2 Å². The van der Waals surface area contributed by atoms with Crippen molar-refractivity contribution in [2.45, 2.75) is 32.9 Å². The maximum atomic E-state index is 13.2. The molecule has 0 heterocycles. The van der Waals surface area contributed by atoms with E-state index in [0.717, 1.165) is 27.9 Å². The molecule has 0 aliphatic carbocycles. The average Bonchev–Trinajstić information content (AvgIpc) is 2.69. The van der Waals surface area contributed by atoms with Crippen LogP contribution in [0.3, 0.4) is 0 Å². The third-order valence-corrected chi connectivity index (χ3v) is 5.05. The van der Waals surface area contributed by atoms with Crippen molar-refractivity contribution in [1.82, 2.24) is 5.32 Å². The van der Waals surface area contributed by atoms with E-state index in [9.17, 15) is 4.79 Å². The second-order valence-corrected chi connectivity index (χ2v) is 7.53. The van der Waals surface area contributed by atoms with E-state index in [-0.39, 0.29) is 11.9 Å². The Kier molecular flexibility index (Phi) is 6.50. The maximum Gasteiger partial charge on any atom is 0.246 e. The summed E-state index contributed by atoms with van der Waals surface area (Å²) < 4.78 is 0. The first-order valence-corrected chi connectivity index (χ1v) is 9.76. The van der Waals surface area contributed by atoms with Crippen LogP contribution in [0.2, 0.25) is 5.02 Å². The topological polar surface area (TPSA) is 41.1 Å². The molecule has 28 heavy (non-hydrogen) atoms. The Hall–Kier alpha value is -2.62. The zero-order valence-electron chi connectivity index (χ0n) is 16.4. The molecule has 3 aromatic rings. The van der Waals surface area contributed by atoms with Gasteiger partial charge >= 0.3 is 0 Å². The van der Waals surface area contributed by atoms with Gasteiger partial charge in [0.1, 0.15) is 6.04 Å². The van der Waals surface area contributed by atoms with Crippen LogP contribution in [0.15, 0.2) is 72.8 Å². The molecule has 4 heteroatoms. The zero-order valence-corrected chi connectivity index (χ0v) is 17.1. The highest BCUT2D eigenvalue weighted by Crippen LogP contribution is 2.24. The minimum atomic E-state index is -0.491. The van der Waals surface area contributed by atoms with E-state index in [4.69, 9.17) is 11.6 Å². The molecule has 1 amide bonds. The molecule has 3 aromatic carbocycles. The summed E-state index contributed by atoms with van der Waals surface area (Å²) in [4.78, 5) is 13.2. The van der Waals surface area contributed by atoms with Crippen LogP contribution in [0.1, 0.15) is 41.3 Å². The molecular weight excluding hydrogens is 368 g/mol. The quantitative estimate of drug-likeness (QED) is 0.541. The number of aryl methyl sites for hydroxylation is 2. The van der Waals surface area contributed by atoms with Crippen molar-refractivity contribution in [1.29, 1.82) is 0 Å². The molecule has 3 rings (SSSR count). The smallest absolute Gasteiger partial charge is 0.246 e. The van der Waals surface area contributed by atoms with Crippen LogP contribution >= 0.6 is 11.6 Å². The summed E-state index contributed by atoms with van der Waals surface area (Å²) in [6, 6.07) is 23.0. The Morgan fingerprint density at radius 3 is 2.32 bits per heavy atom. The van der Waals surface area contributed by atoms with Gasteiger partial charge < -0.3 is 5.32 Å². The van der Waals surface area contributed by atoms with E-state index >= 15 is 0 Å². The molecule has 2 atom stereocenters. The first kappa shape index (κ1) is 20.1. The summed E-state index contributed by atoms with van der Waals surface area (Å²) in [7, 11) is 0. The van der Waals surface area contributed by atoms with Gasteiger partial charge in [0.2, 0.25) is 5.91 Å². The fraction of sp³-hybridized carbons (Fsp3) is 0.208. The van der Waals surface area contributed by atoms with E-state index in [1.807, 2.05) is 93.6 Å². The Morgan fingerprint density at radius 2 is 1.61 bits per heavy atom. The molecule has 2 N–H and O–H groups in total. The van der Waals surface area contributed by atoms with Crippen LogP contribution in [0, 0.1) is 13.8 Å². The summed E-state index contributed by atoms with van der Waals surface area (Å²) in [6.45, 7) is 6.05. The summed E-state index contributed by atoms with van der Waals surface area (Å²) in [5.74, 6) is -0.0891. The second kappa shape index (κ2) is 9.05. The molecule has 0 radical (unpaired) electrons. The lowest BCUT2D eigenvalue weighted by atomic mass is 10.0. The largest absolute Gasteiger partial charge is 0.324 e. The van der Waals surface area contributed by atoms with E-state index in [2.05, 4.69) is 10.6 Å². The Balaban J connectivity index is 1.86. The molecule has 0 saturated carbocycles. The molecule has 3 nitrogen and oxygen atoms in total. The summed E-state index contributed by atoms with van der Waals surface area (Å²) in [6.07, 6.45) is 0. The zero-order chi connectivity index (χ0) is 20.1. The number of benzene rings is 3. The van der Waals surface area contributed by atoms with Gasteiger partial charge in [-0.2, -0.15) is 0 Å². The summed E-state index contributed by atoms with van der Waals surface area (Å²) in [5, 5.41) is 7.23. The van der Waals surface area contributed by atoms with E-state index in [0.29, 0.717) is 5.02 Å². The SMILES string of the molecule is Cc1ccc(C)c(NC(=O)[C@@H](N[C@@H](C)c2cccc(Cl)c2)c2ccccc2)c1. The van der Waals surface area contributed by atoms with E-state index in [1.54, 1.807) is 0 Å². The summed E-state index contributed by atoms with van der Waals surface area (Å²) >= 11 is 6.14. The van der Waals surface area contributed by atoms with Crippen LogP contribution in [-0.2, 0) is 4.79 Å². The van der Waals surface area contributed by atoms with Crippen LogP contribution in [-0.4, -0.2) is 5.91 Å². The lowest BCUT2D eigenvalue weighted by Crippen LogP contribution is -2.34. The highest BCUT2D eigenvalue weighted by molar-refractivity contribution is 6.30. The number of rotatable bonds is 6. The Morgan fingerprint density at radius 1 is 0.893 bits per heavy atom. The Labute approximate surface area is 171 Å². The number of carbonyl (C=O) groups is 1. The minimum absolute atomic E-state index is 0.0479. The van der Waals surface area contributed by atoms with Crippen LogP contribution in [0.5, 0.6) is 0 Å². The fourth-order valence-corrected chi connectivity index (χ4v) is 3.37. The van der Waals surface area contributed by atoms with Crippen molar-refractivity contribution in [3.63, 3.8) is 0 Å². The van der Waals surface area contributed by atoms with E-state index in [1.165, 1.54) is 0 Å². The van der Waals surface area contributed by atoms with Crippen molar-refractivity contribution in [2.75, 3.05) is 5.32 Å². The minimum Gasteiger partial charge on any atom is -0.324 e. The van der Waals surface area contributed by atoms with Gasteiger partial charge in [0.15, 0.2) is 0 Å². The predicted molar refractivity (Wildman–Crippen MR) is 117 cm³/mol. The first-order chi connectivity index (χ1) is 13.4. The molecule has 0 aromatic heterocycles. The van der Waals surface area contributed by atoms with Crippen molar-refractivity contribution < 1.29 is 4.79 Å². The molecule has 0 fully saturated rings. The van der Waals surface area contributed by atoms with Gasteiger partial charge in [-0.25, -0.2) is 0 Å². The van der Waals surface area contributed by atoms with Crippen molar-refractivity contribution >= 4 is 23.2 Å². The highest BCUT2D eigenvalue weighted by atomic mass is 35.5. The molecule has 0 bridgehead atoms. The Bertz CT molecular complexity index is 956. The second-order valence-electron chi connectivity index (χ2n) is 7.09. The van der Waals surface area contributed by atoms with Gasteiger partial charge in [0.05, 0.1) is 0 Å². The molecule has 0 aliphatic rings. The van der Waals surface area contributed by atoms with E-state index < -0.39 is 6.04 Å². The number of carbonyl (C=O) groups excluding carboxylic acids is 1.